The monoisotopic (exact) mass is 176 g/mol. The van der Waals surface area contributed by atoms with Gasteiger partial charge in [0.1, 0.15) is 0 Å². The van der Waals surface area contributed by atoms with E-state index in [1.807, 2.05) is 6.07 Å². The highest BCUT2D eigenvalue weighted by molar-refractivity contribution is 5.90. The third-order valence-electron chi connectivity index (χ3n) is 1.82. The molecule has 0 saturated heterocycles. The number of hydrogen-bond acceptors (Lipinski definition) is 3. The van der Waals surface area contributed by atoms with Gasteiger partial charge in [0.25, 0.3) is 0 Å². The van der Waals surface area contributed by atoms with E-state index in [-0.39, 0.29) is 5.97 Å². The molecule has 2 rings (SSSR count). The van der Waals surface area contributed by atoms with Crippen LogP contribution in [0.2, 0.25) is 0 Å². The predicted octanol–water partition coefficient (Wildman–Crippen LogP) is 1.12. The number of esters is 1. The van der Waals surface area contributed by atoms with Crippen molar-refractivity contribution in [1.29, 1.82) is 0 Å². The van der Waals surface area contributed by atoms with Gasteiger partial charge in [-0.3, -0.25) is 0 Å². The zero-order chi connectivity index (χ0) is 9.26. The lowest BCUT2D eigenvalue weighted by Crippen LogP contribution is -2.01. The lowest BCUT2D eigenvalue weighted by molar-refractivity contribution is 0.0600. The Balaban J connectivity index is 2.54. The first-order chi connectivity index (χ1) is 6.31. The van der Waals surface area contributed by atoms with Crippen LogP contribution in [0, 0.1) is 0 Å². The first-order valence-electron chi connectivity index (χ1n) is 3.83. The van der Waals surface area contributed by atoms with Crippen LogP contribution < -0.4 is 0 Å². The molecule has 66 valence electrons. The predicted molar refractivity (Wildman–Crippen MR) is 46.5 cm³/mol. The number of ether oxygens (including phenoxy) is 1. The number of rotatable bonds is 1. The van der Waals surface area contributed by atoms with Crippen molar-refractivity contribution in [1.82, 2.24) is 9.61 Å². The van der Waals surface area contributed by atoms with E-state index < -0.39 is 0 Å². The van der Waals surface area contributed by atoms with Crippen molar-refractivity contribution in [2.24, 2.45) is 0 Å². The van der Waals surface area contributed by atoms with E-state index in [9.17, 15) is 4.79 Å². The highest BCUT2D eigenvalue weighted by atomic mass is 16.5. The summed E-state index contributed by atoms with van der Waals surface area (Å²) in [6, 6.07) is 5.23. The molecule has 2 heterocycles. The van der Waals surface area contributed by atoms with Gasteiger partial charge in [-0.15, -0.1) is 0 Å². The van der Waals surface area contributed by atoms with Gasteiger partial charge in [0.2, 0.25) is 0 Å². The first kappa shape index (κ1) is 7.79. The highest BCUT2D eigenvalue weighted by Gasteiger charge is 2.05. The zero-order valence-electron chi connectivity index (χ0n) is 7.10. The molecule has 0 bridgehead atoms. The van der Waals surface area contributed by atoms with E-state index in [4.69, 9.17) is 0 Å². The fourth-order valence-corrected chi connectivity index (χ4v) is 1.17. The summed E-state index contributed by atoms with van der Waals surface area (Å²) in [4.78, 5) is 11.1. The van der Waals surface area contributed by atoms with E-state index in [0.717, 1.165) is 5.52 Å². The van der Waals surface area contributed by atoms with Crippen molar-refractivity contribution in [2.75, 3.05) is 7.11 Å². The number of aromatic nitrogens is 2. The van der Waals surface area contributed by atoms with Crippen LogP contribution in [0.1, 0.15) is 10.4 Å². The molecule has 0 saturated carbocycles. The van der Waals surface area contributed by atoms with Crippen molar-refractivity contribution < 1.29 is 9.53 Å². The van der Waals surface area contributed by atoms with Gasteiger partial charge in [0.15, 0.2) is 0 Å². The maximum Gasteiger partial charge on any atom is 0.337 e. The Kier molecular flexibility index (Phi) is 1.73. The largest absolute Gasteiger partial charge is 0.465 e. The standard InChI is InChI=1S/C9H8N2O2/c1-13-9(12)7-3-5-11-8(6-7)2-4-10-11/h2-6H,1H3. The number of fused-ring (bicyclic) bond motifs is 1. The van der Waals surface area contributed by atoms with Crippen LogP contribution >= 0.6 is 0 Å². The summed E-state index contributed by atoms with van der Waals surface area (Å²) < 4.78 is 6.28. The minimum atomic E-state index is -0.330. The van der Waals surface area contributed by atoms with Gasteiger partial charge in [0.05, 0.1) is 18.2 Å². The molecule has 0 fully saturated rings. The van der Waals surface area contributed by atoms with Crippen molar-refractivity contribution >= 4 is 11.5 Å². The average Bonchev–Trinajstić information content (AvgIpc) is 2.63. The molecule has 2 aromatic rings. The van der Waals surface area contributed by atoms with Crippen LogP contribution in [0.3, 0.4) is 0 Å². The van der Waals surface area contributed by atoms with E-state index in [2.05, 4.69) is 9.84 Å². The van der Waals surface area contributed by atoms with Crippen molar-refractivity contribution in [3.8, 4) is 0 Å². The third kappa shape index (κ3) is 1.26. The molecule has 0 amide bonds. The van der Waals surface area contributed by atoms with Crippen LogP contribution in [0.15, 0.2) is 30.6 Å². The molecule has 0 aliphatic heterocycles. The molecule has 0 unspecified atom stereocenters. The Morgan fingerprint density at radius 2 is 2.38 bits per heavy atom. The molecular weight excluding hydrogens is 168 g/mol. The fraction of sp³-hybridized carbons (Fsp3) is 0.111. The molecular formula is C9H8N2O2. The molecule has 0 aliphatic carbocycles. The Hall–Kier alpha value is -1.84. The number of nitrogens with zero attached hydrogens (tertiary/aromatic N) is 2. The Bertz CT molecular complexity index is 448. The molecule has 13 heavy (non-hydrogen) atoms. The summed E-state index contributed by atoms with van der Waals surface area (Å²) in [6.07, 6.45) is 3.40. The van der Waals surface area contributed by atoms with Gasteiger partial charge in [-0.1, -0.05) is 0 Å². The molecule has 4 nitrogen and oxygen atoms in total. The summed E-state index contributed by atoms with van der Waals surface area (Å²) in [5.74, 6) is -0.330. The SMILES string of the molecule is COC(=O)c1ccn2nccc2c1. The topological polar surface area (TPSA) is 43.6 Å². The normalized spacial score (nSPS) is 10.2. The lowest BCUT2D eigenvalue weighted by Gasteiger charge is -1.98. The van der Waals surface area contributed by atoms with Gasteiger partial charge >= 0.3 is 5.97 Å². The second-order valence-electron chi connectivity index (χ2n) is 2.61. The third-order valence-corrected chi connectivity index (χ3v) is 1.82. The summed E-state index contributed by atoms with van der Waals surface area (Å²) >= 11 is 0. The minimum Gasteiger partial charge on any atom is -0.465 e. The molecule has 0 N–H and O–H groups in total. The van der Waals surface area contributed by atoms with Gasteiger partial charge < -0.3 is 4.74 Å². The van der Waals surface area contributed by atoms with Crippen molar-refractivity contribution in [3.63, 3.8) is 0 Å². The summed E-state index contributed by atoms with van der Waals surface area (Å²) in [7, 11) is 1.36. The van der Waals surface area contributed by atoms with E-state index in [1.165, 1.54) is 7.11 Å². The molecule has 0 atom stereocenters. The number of carbonyl (C=O) groups excluding carboxylic acids is 1. The van der Waals surface area contributed by atoms with Crippen LogP contribution in [-0.4, -0.2) is 22.7 Å². The number of pyridine rings is 1. The minimum absolute atomic E-state index is 0.330. The van der Waals surface area contributed by atoms with Crippen LogP contribution in [0.5, 0.6) is 0 Å². The van der Waals surface area contributed by atoms with Crippen molar-refractivity contribution in [2.45, 2.75) is 0 Å². The number of methoxy groups -OCH3 is 1. The highest BCUT2D eigenvalue weighted by Crippen LogP contribution is 2.06. The van der Waals surface area contributed by atoms with Gasteiger partial charge in [-0.2, -0.15) is 5.10 Å². The number of hydrogen-bond donors (Lipinski definition) is 0. The quantitative estimate of drug-likeness (QED) is 0.611. The first-order valence-corrected chi connectivity index (χ1v) is 3.83. The zero-order valence-corrected chi connectivity index (χ0v) is 7.10. The number of carbonyl (C=O) groups is 1. The molecule has 0 radical (unpaired) electrons. The van der Waals surface area contributed by atoms with E-state index in [1.54, 1.807) is 29.0 Å². The van der Waals surface area contributed by atoms with E-state index >= 15 is 0 Å². The maximum absolute atomic E-state index is 11.1. The second-order valence-corrected chi connectivity index (χ2v) is 2.61. The lowest BCUT2D eigenvalue weighted by atomic mass is 10.2. The van der Waals surface area contributed by atoms with Crippen molar-refractivity contribution in [3.05, 3.63) is 36.2 Å². The second kappa shape index (κ2) is 2.90. The Labute approximate surface area is 74.7 Å². The molecule has 0 aliphatic rings. The van der Waals surface area contributed by atoms with Crippen LogP contribution in [0.4, 0.5) is 0 Å². The smallest absolute Gasteiger partial charge is 0.337 e. The summed E-state index contributed by atoms with van der Waals surface area (Å²) in [5, 5.41) is 4.01. The summed E-state index contributed by atoms with van der Waals surface area (Å²) in [6.45, 7) is 0. The molecule has 0 aromatic carbocycles. The average molecular weight is 176 g/mol. The van der Waals surface area contributed by atoms with Gasteiger partial charge in [0, 0.05) is 12.4 Å². The summed E-state index contributed by atoms with van der Waals surface area (Å²) in [5.41, 5.74) is 1.42. The fourth-order valence-electron chi connectivity index (χ4n) is 1.17. The van der Waals surface area contributed by atoms with E-state index in [0.29, 0.717) is 5.56 Å². The Morgan fingerprint density at radius 1 is 1.54 bits per heavy atom. The molecule has 2 aromatic heterocycles. The Morgan fingerprint density at radius 3 is 3.15 bits per heavy atom. The van der Waals surface area contributed by atoms with Crippen LogP contribution in [-0.2, 0) is 4.74 Å². The van der Waals surface area contributed by atoms with Gasteiger partial charge in [-0.25, -0.2) is 9.31 Å². The van der Waals surface area contributed by atoms with Crippen LogP contribution in [0.25, 0.3) is 5.52 Å². The molecule has 4 heteroatoms. The maximum atomic E-state index is 11.1. The van der Waals surface area contributed by atoms with Gasteiger partial charge in [-0.05, 0) is 18.2 Å². The molecule has 0 spiro atoms.